The Morgan fingerprint density at radius 2 is 1.87 bits per heavy atom. The van der Waals surface area contributed by atoms with Gasteiger partial charge in [-0.15, -0.1) is 0 Å². The van der Waals surface area contributed by atoms with Crippen LogP contribution < -0.4 is 10.6 Å². The minimum atomic E-state index is -3.02. The third kappa shape index (κ3) is 4.73. The normalized spacial score (nSPS) is 15.3. The molecular weight excluding hydrogens is 426 g/mol. The third-order valence-electron chi connectivity index (χ3n) is 4.77. The summed E-state index contributed by atoms with van der Waals surface area (Å²) >= 11 is 5.80. The van der Waals surface area contributed by atoms with Crippen LogP contribution in [0.15, 0.2) is 36.4 Å². The third-order valence-corrected chi connectivity index (χ3v) is 5.06. The van der Waals surface area contributed by atoms with Gasteiger partial charge in [0.2, 0.25) is 0 Å². The molecule has 30 heavy (non-hydrogen) atoms. The number of halogens is 5. The van der Waals surface area contributed by atoms with Crippen molar-refractivity contribution in [3.63, 3.8) is 0 Å². The minimum Gasteiger partial charge on any atom is -0.324 e. The fourth-order valence-electron chi connectivity index (χ4n) is 3.13. The van der Waals surface area contributed by atoms with Crippen molar-refractivity contribution in [2.75, 3.05) is 24.5 Å². The van der Waals surface area contributed by atoms with Gasteiger partial charge in [0, 0.05) is 29.8 Å². The molecule has 1 saturated heterocycles. The van der Waals surface area contributed by atoms with Crippen LogP contribution in [0.1, 0.15) is 22.3 Å². The molecule has 1 heterocycles. The van der Waals surface area contributed by atoms with E-state index in [1.54, 1.807) is 0 Å². The lowest BCUT2D eigenvalue weighted by molar-refractivity contribution is 0.0156. The second-order valence-corrected chi connectivity index (χ2v) is 7.34. The number of rotatable bonds is 5. The Morgan fingerprint density at radius 1 is 1.13 bits per heavy atom. The highest BCUT2D eigenvalue weighted by atomic mass is 35.5. The maximum atomic E-state index is 14.6. The summed E-state index contributed by atoms with van der Waals surface area (Å²) in [6.45, 7) is -1.58. The number of amides is 2. The summed E-state index contributed by atoms with van der Waals surface area (Å²) in [6, 6.07) is 6.30. The first-order chi connectivity index (χ1) is 14.1. The number of carbonyl (C=O) groups is 2. The van der Waals surface area contributed by atoms with Crippen molar-refractivity contribution in [1.82, 2.24) is 4.90 Å². The fraction of sp³-hybridized carbons (Fsp3) is 0.300. The zero-order valence-corrected chi connectivity index (χ0v) is 16.4. The van der Waals surface area contributed by atoms with Gasteiger partial charge in [0.1, 0.15) is 11.6 Å². The van der Waals surface area contributed by atoms with Gasteiger partial charge in [0.15, 0.2) is 5.78 Å². The monoisotopic (exact) mass is 443 g/mol. The summed E-state index contributed by atoms with van der Waals surface area (Å²) in [5.74, 6) is -4.97. The fourth-order valence-corrected chi connectivity index (χ4v) is 3.30. The van der Waals surface area contributed by atoms with Crippen molar-refractivity contribution < 1.29 is 27.2 Å². The summed E-state index contributed by atoms with van der Waals surface area (Å²) in [5.41, 5.74) is 5.49. The highest BCUT2D eigenvalue weighted by molar-refractivity contribution is 6.31. The topological polar surface area (TPSA) is 66.6 Å². The molecule has 1 aliphatic rings. The Hall–Kier alpha value is -2.65. The Balaban J connectivity index is 1.94. The van der Waals surface area contributed by atoms with E-state index in [1.165, 1.54) is 18.2 Å². The molecule has 0 unspecified atom stereocenters. The van der Waals surface area contributed by atoms with E-state index in [0.717, 1.165) is 28.0 Å². The lowest BCUT2D eigenvalue weighted by atomic mass is 10.1. The van der Waals surface area contributed by atoms with E-state index in [2.05, 4.69) is 0 Å². The summed E-state index contributed by atoms with van der Waals surface area (Å²) in [4.78, 5) is 26.6. The van der Waals surface area contributed by atoms with Crippen LogP contribution in [0.5, 0.6) is 0 Å². The number of carbonyl (C=O) groups excluding carboxylic acids is 2. The number of likely N-dealkylation sites (tertiary alicyclic amines) is 1. The number of nitrogens with zero attached hydrogens (tertiary/aromatic N) is 2. The van der Waals surface area contributed by atoms with Gasteiger partial charge in [-0.3, -0.25) is 9.69 Å². The van der Waals surface area contributed by atoms with E-state index in [-0.39, 0.29) is 41.5 Å². The first kappa shape index (κ1) is 22.0. The highest BCUT2D eigenvalue weighted by Crippen LogP contribution is 2.31. The molecule has 160 valence electrons. The largest absolute Gasteiger partial charge is 0.325 e. The molecular formula is C20H18ClF4N3O2. The maximum Gasteiger partial charge on any atom is 0.325 e. The van der Waals surface area contributed by atoms with Crippen molar-refractivity contribution in [1.29, 1.82) is 0 Å². The van der Waals surface area contributed by atoms with Gasteiger partial charge < -0.3 is 10.6 Å². The molecule has 0 radical (unpaired) electrons. The first-order valence-electron chi connectivity index (χ1n) is 9.02. The Kier molecular flexibility index (Phi) is 6.33. The van der Waals surface area contributed by atoms with Gasteiger partial charge in [-0.05, 0) is 24.3 Å². The Bertz CT molecular complexity index is 987. The summed E-state index contributed by atoms with van der Waals surface area (Å²) in [5, 5.41) is -0.276. The van der Waals surface area contributed by atoms with Crippen LogP contribution >= 0.6 is 11.6 Å². The SMILES string of the molecule is NCC(=O)c1ccc(CN(C(=O)N2CCC(F)(F)C2)c2ccc(F)c(Cl)c2)c(F)c1. The summed E-state index contributed by atoms with van der Waals surface area (Å²) in [6.07, 6.45) is -0.485. The smallest absolute Gasteiger partial charge is 0.324 e. The number of urea groups is 1. The predicted molar refractivity (Wildman–Crippen MR) is 104 cm³/mol. The molecule has 0 aromatic heterocycles. The van der Waals surface area contributed by atoms with E-state index >= 15 is 0 Å². The lowest BCUT2D eigenvalue weighted by Crippen LogP contribution is -2.43. The van der Waals surface area contributed by atoms with E-state index in [9.17, 15) is 27.2 Å². The number of ketones is 1. The minimum absolute atomic E-state index is 0.0309. The number of nitrogens with two attached hydrogens (primary N) is 1. The molecule has 0 saturated carbocycles. The van der Waals surface area contributed by atoms with Crippen molar-refractivity contribution in [3.8, 4) is 0 Å². The van der Waals surface area contributed by atoms with E-state index in [4.69, 9.17) is 17.3 Å². The molecule has 1 fully saturated rings. The molecule has 5 nitrogen and oxygen atoms in total. The first-order valence-corrected chi connectivity index (χ1v) is 9.40. The molecule has 3 rings (SSSR count). The zero-order chi connectivity index (χ0) is 22.1. The number of alkyl halides is 2. The van der Waals surface area contributed by atoms with Crippen LogP contribution in [-0.2, 0) is 6.54 Å². The quantitative estimate of drug-likeness (QED) is 0.555. The molecule has 0 aliphatic carbocycles. The number of anilines is 1. The predicted octanol–water partition coefficient (Wildman–Crippen LogP) is 4.23. The maximum absolute atomic E-state index is 14.6. The van der Waals surface area contributed by atoms with Crippen LogP contribution in [0.2, 0.25) is 5.02 Å². The van der Waals surface area contributed by atoms with Gasteiger partial charge in [0.25, 0.3) is 5.92 Å². The second-order valence-electron chi connectivity index (χ2n) is 6.93. The summed E-state index contributed by atoms with van der Waals surface area (Å²) < 4.78 is 55.3. The number of benzene rings is 2. The van der Waals surface area contributed by atoms with Crippen LogP contribution in [-0.4, -0.2) is 42.3 Å². The van der Waals surface area contributed by atoms with Crippen LogP contribution in [0, 0.1) is 11.6 Å². The molecule has 2 aromatic rings. The van der Waals surface area contributed by atoms with Gasteiger partial charge in [-0.1, -0.05) is 23.7 Å². The summed E-state index contributed by atoms with van der Waals surface area (Å²) in [7, 11) is 0. The standard InChI is InChI=1S/C20H18ClF4N3O2/c21-15-8-14(3-4-16(15)22)28(19(30)27-6-5-20(24,25)11-27)10-13-2-1-12(7-17(13)23)18(29)9-26/h1-4,7-8H,5-6,9-11,26H2. The Morgan fingerprint density at radius 3 is 2.43 bits per heavy atom. The van der Waals surface area contributed by atoms with Crippen LogP contribution in [0.25, 0.3) is 0 Å². The molecule has 1 aliphatic heterocycles. The van der Waals surface area contributed by atoms with Crippen LogP contribution in [0.3, 0.4) is 0 Å². The van der Waals surface area contributed by atoms with Gasteiger partial charge in [-0.25, -0.2) is 22.4 Å². The lowest BCUT2D eigenvalue weighted by Gasteiger charge is -2.28. The molecule has 0 atom stereocenters. The Labute approximate surface area is 175 Å². The number of Topliss-reactive ketones (excluding diaryl/α,β-unsaturated/α-hetero) is 1. The molecule has 2 aromatic carbocycles. The van der Waals surface area contributed by atoms with Crippen molar-refractivity contribution in [2.45, 2.75) is 18.9 Å². The second kappa shape index (κ2) is 8.61. The van der Waals surface area contributed by atoms with Crippen LogP contribution in [0.4, 0.5) is 28.0 Å². The van der Waals surface area contributed by atoms with Gasteiger partial charge >= 0.3 is 6.03 Å². The van der Waals surface area contributed by atoms with Gasteiger partial charge in [0.05, 0.1) is 24.7 Å². The number of hydrogen-bond donors (Lipinski definition) is 1. The van der Waals surface area contributed by atoms with Crippen molar-refractivity contribution >= 4 is 29.1 Å². The molecule has 10 heteroatoms. The molecule has 2 N–H and O–H groups in total. The van der Waals surface area contributed by atoms with Crippen molar-refractivity contribution in [3.05, 3.63) is 64.2 Å². The van der Waals surface area contributed by atoms with E-state index in [0.29, 0.717) is 0 Å². The zero-order valence-electron chi connectivity index (χ0n) is 15.7. The number of hydrogen-bond acceptors (Lipinski definition) is 3. The molecule has 2 amide bonds. The average molecular weight is 444 g/mol. The molecule has 0 bridgehead atoms. The van der Waals surface area contributed by atoms with E-state index < -0.39 is 42.3 Å². The molecule has 0 spiro atoms. The van der Waals surface area contributed by atoms with E-state index in [1.807, 2.05) is 0 Å². The van der Waals surface area contributed by atoms with Crippen molar-refractivity contribution in [2.24, 2.45) is 5.73 Å². The average Bonchev–Trinajstić information content (AvgIpc) is 3.08. The van der Waals surface area contributed by atoms with Gasteiger partial charge in [-0.2, -0.15) is 0 Å². The highest BCUT2D eigenvalue weighted by Gasteiger charge is 2.41.